The Morgan fingerprint density at radius 2 is 2.19 bits per heavy atom. The molecule has 4 N–H and O–H groups in total. The molecular weight excluding hydrogens is 208 g/mol. The van der Waals surface area contributed by atoms with Crippen LogP contribution in [0.5, 0.6) is 0 Å². The zero-order chi connectivity index (χ0) is 11.7. The van der Waals surface area contributed by atoms with Gasteiger partial charge in [-0.25, -0.2) is 0 Å². The molecule has 0 fully saturated rings. The van der Waals surface area contributed by atoms with E-state index in [1.54, 1.807) is 24.3 Å². The number of aromatic nitrogens is 2. The first-order valence-electron chi connectivity index (χ1n) is 4.61. The summed E-state index contributed by atoms with van der Waals surface area (Å²) < 4.78 is 1.33. The molecule has 0 saturated heterocycles. The van der Waals surface area contributed by atoms with E-state index in [9.17, 15) is 4.79 Å². The first kappa shape index (κ1) is 10.2. The molecule has 82 valence electrons. The molecule has 0 amide bonds. The summed E-state index contributed by atoms with van der Waals surface area (Å²) in [4.78, 5) is 10.6. The van der Waals surface area contributed by atoms with Crippen molar-refractivity contribution in [2.24, 2.45) is 5.73 Å². The number of rotatable bonds is 3. The lowest BCUT2D eigenvalue weighted by Crippen LogP contribution is -2.14. The molecule has 1 heterocycles. The number of carboxylic acid groups (broad SMARTS) is 1. The molecule has 16 heavy (non-hydrogen) atoms. The summed E-state index contributed by atoms with van der Waals surface area (Å²) in [7, 11) is 0. The number of amidine groups is 1. The van der Waals surface area contributed by atoms with Crippen molar-refractivity contribution < 1.29 is 9.90 Å². The monoisotopic (exact) mass is 218 g/mol. The highest BCUT2D eigenvalue weighted by atomic mass is 16.4. The van der Waals surface area contributed by atoms with Gasteiger partial charge in [0, 0.05) is 5.39 Å². The van der Waals surface area contributed by atoms with Crippen LogP contribution < -0.4 is 5.73 Å². The van der Waals surface area contributed by atoms with Crippen LogP contribution in [0, 0.1) is 5.41 Å². The molecule has 0 saturated carbocycles. The van der Waals surface area contributed by atoms with Crippen molar-refractivity contribution in [3.05, 3.63) is 30.0 Å². The van der Waals surface area contributed by atoms with Crippen LogP contribution in [0.3, 0.4) is 0 Å². The van der Waals surface area contributed by atoms with E-state index in [1.807, 2.05) is 0 Å². The van der Waals surface area contributed by atoms with Crippen LogP contribution in [0.15, 0.2) is 24.3 Å². The number of nitrogens with two attached hydrogens (primary N) is 1. The number of aliphatic carboxylic acids is 1. The van der Waals surface area contributed by atoms with E-state index in [0.717, 1.165) is 0 Å². The summed E-state index contributed by atoms with van der Waals surface area (Å²) in [5.74, 6) is -1.15. The van der Waals surface area contributed by atoms with E-state index < -0.39 is 5.97 Å². The van der Waals surface area contributed by atoms with Crippen LogP contribution in [0.1, 0.15) is 5.69 Å². The van der Waals surface area contributed by atoms with Gasteiger partial charge in [-0.3, -0.25) is 14.9 Å². The molecule has 0 aliphatic carbocycles. The summed E-state index contributed by atoms with van der Waals surface area (Å²) in [6, 6.07) is 7.09. The van der Waals surface area contributed by atoms with Gasteiger partial charge in [-0.15, -0.1) is 0 Å². The summed E-state index contributed by atoms with van der Waals surface area (Å²) in [6.45, 7) is -0.242. The molecule has 2 rings (SSSR count). The third-order valence-electron chi connectivity index (χ3n) is 2.20. The fraction of sp³-hybridized carbons (Fsp3) is 0.100. The highest BCUT2D eigenvalue weighted by molar-refractivity contribution is 6.05. The number of para-hydroxylation sites is 1. The van der Waals surface area contributed by atoms with E-state index in [0.29, 0.717) is 16.6 Å². The molecule has 0 aliphatic rings. The maximum atomic E-state index is 10.6. The van der Waals surface area contributed by atoms with Gasteiger partial charge in [-0.1, -0.05) is 18.2 Å². The molecule has 0 spiro atoms. The van der Waals surface area contributed by atoms with Crippen molar-refractivity contribution in [1.82, 2.24) is 9.78 Å². The van der Waals surface area contributed by atoms with E-state index in [2.05, 4.69) is 5.10 Å². The second-order valence-electron chi connectivity index (χ2n) is 3.33. The fourth-order valence-electron chi connectivity index (χ4n) is 1.58. The molecule has 2 aromatic rings. The lowest BCUT2D eigenvalue weighted by atomic mass is 10.2. The Labute approximate surface area is 90.8 Å². The number of carboxylic acids is 1. The quantitative estimate of drug-likeness (QED) is 0.512. The number of fused-ring (bicyclic) bond motifs is 1. The first-order chi connectivity index (χ1) is 7.59. The number of hydrogen-bond acceptors (Lipinski definition) is 3. The maximum absolute atomic E-state index is 10.6. The average Bonchev–Trinajstić information content (AvgIpc) is 2.57. The van der Waals surface area contributed by atoms with Crippen LogP contribution in [0.2, 0.25) is 0 Å². The van der Waals surface area contributed by atoms with E-state index in [-0.39, 0.29) is 12.4 Å². The predicted molar refractivity (Wildman–Crippen MR) is 58.4 cm³/mol. The van der Waals surface area contributed by atoms with Crippen LogP contribution in [-0.2, 0) is 11.3 Å². The number of hydrogen-bond donors (Lipinski definition) is 3. The van der Waals surface area contributed by atoms with Gasteiger partial charge in [-0.2, -0.15) is 5.10 Å². The maximum Gasteiger partial charge on any atom is 0.325 e. The van der Waals surface area contributed by atoms with Gasteiger partial charge in [0.15, 0.2) is 0 Å². The number of benzene rings is 1. The number of nitrogen functional groups attached to an aromatic ring is 1. The number of carbonyl (C=O) groups is 1. The van der Waals surface area contributed by atoms with E-state index in [4.69, 9.17) is 16.2 Å². The van der Waals surface area contributed by atoms with Gasteiger partial charge in [0.1, 0.15) is 18.1 Å². The zero-order valence-electron chi connectivity index (χ0n) is 8.34. The Bertz CT molecular complexity index is 573. The smallest absolute Gasteiger partial charge is 0.325 e. The van der Waals surface area contributed by atoms with Crippen molar-refractivity contribution >= 4 is 22.7 Å². The highest BCUT2D eigenvalue weighted by Crippen LogP contribution is 2.17. The van der Waals surface area contributed by atoms with Gasteiger partial charge in [0.05, 0.1) is 5.52 Å². The third-order valence-corrected chi connectivity index (χ3v) is 2.20. The van der Waals surface area contributed by atoms with Crippen LogP contribution in [0.25, 0.3) is 10.9 Å². The molecule has 0 bridgehead atoms. The lowest BCUT2D eigenvalue weighted by molar-refractivity contribution is -0.137. The second kappa shape index (κ2) is 3.65. The SMILES string of the molecule is N=C(N)c1nn(CC(=O)O)c2ccccc12. The van der Waals surface area contributed by atoms with Crippen molar-refractivity contribution in [2.75, 3.05) is 0 Å². The number of nitrogens with one attached hydrogen (secondary N) is 1. The first-order valence-corrected chi connectivity index (χ1v) is 4.61. The van der Waals surface area contributed by atoms with Gasteiger partial charge in [0.25, 0.3) is 0 Å². The second-order valence-corrected chi connectivity index (χ2v) is 3.33. The predicted octanol–water partition coefficient (Wildman–Crippen LogP) is 0.405. The minimum Gasteiger partial charge on any atom is -0.480 e. The van der Waals surface area contributed by atoms with Crippen molar-refractivity contribution in [3.8, 4) is 0 Å². The molecule has 0 radical (unpaired) electrons. The standard InChI is InChI=1S/C10H10N4O2/c11-10(12)9-6-3-1-2-4-7(6)14(13-9)5-8(15)16/h1-4H,5H2,(H3,11,12)(H,15,16). The van der Waals surface area contributed by atoms with Crippen LogP contribution >= 0.6 is 0 Å². The van der Waals surface area contributed by atoms with Gasteiger partial charge < -0.3 is 10.8 Å². The molecule has 0 unspecified atom stereocenters. The third kappa shape index (κ3) is 1.60. The molecule has 1 aromatic heterocycles. The minimum absolute atomic E-state index is 0.166. The Hall–Kier alpha value is -2.37. The Morgan fingerprint density at radius 1 is 1.50 bits per heavy atom. The van der Waals surface area contributed by atoms with Crippen molar-refractivity contribution in [1.29, 1.82) is 5.41 Å². The topological polar surface area (TPSA) is 105 Å². The Morgan fingerprint density at radius 3 is 2.81 bits per heavy atom. The van der Waals surface area contributed by atoms with Crippen LogP contribution in [-0.4, -0.2) is 26.7 Å². The summed E-state index contributed by atoms with van der Waals surface area (Å²) in [5.41, 5.74) is 6.36. The van der Waals surface area contributed by atoms with Crippen molar-refractivity contribution in [2.45, 2.75) is 6.54 Å². The van der Waals surface area contributed by atoms with Gasteiger partial charge in [0.2, 0.25) is 0 Å². The summed E-state index contributed by atoms with van der Waals surface area (Å²) >= 11 is 0. The fourth-order valence-corrected chi connectivity index (χ4v) is 1.58. The minimum atomic E-state index is -0.983. The molecule has 6 nitrogen and oxygen atoms in total. The Balaban J connectivity index is 2.66. The number of nitrogens with zero attached hydrogens (tertiary/aromatic N) is 2. The lowest BCUT2D eigenvalue weighted by Gasteiger charge is -1.97. The molecule has 6 heteroatoms. The molecule has 1 aromatic carbocycles. The van der Waals surface area contributed by atoms with Crippen molar-refractivity contribution in [3.63, 3.8) is 0 Å². The molecule has 0 atom stereocenters. The average molecular weight is 218 g/mol. The van der Waals surface area contributed by atoms with Gasteiger partial charge >= 0.3 is 5.97 Å². The van der Waals surface area contributed by atoms with E-state index >= 15 is 0 Å². The van der Waals surface area contributed by atoms with E-state index in [1.165, 1.54) is 4.68 Å². The largest absolute Gasteiger partial charge is 0.480 e. The highest BCUT2D eigenvalue weighted by Gasteiger charge is 2.13. The summed E-state index contributed by atoms with van der Waals surface area (Å²) in [5, 5.41) is 20.8. The normalized spacial score (nSPS) is 10.5. The molecular formula is C10H10N4O2. The van der Waals surface area contributed by atoms with Crippen LogP contribution in [0.4, 0.5) is 0 Å². The molecule has 0 aliphatic heterocycles. The summed E-state index contributed by atoms with van der Waals surface area (Å²) in [6.07, 6.45) is 0. The zero-order valence-corrected chi connectivity index (χ0v) is 8.34. The Kier molecular flexibility index (Phi) is 2.32. The van der Waals surface area contributed by atoms with Gasteiger partial charge in [-0.05, 0) is 6.07 Å².